The maximum absolute atomic E-state index is 11.3. The molecule has 7 nitrogen and oxygen atoms in total. The molecule has 0 fully saturated rings. The first kappa shape index (κ1) is 13.6. The van der Waals surface area contributed by atoms with Gasteiger partial charge in [0, 0.05) is 6.54 Å². The van der Waals surface area contributed by atoms with Gasteiger partial charge in [-0.25, -0.2) is 0 Å². The molecule has 88 valence electrons. The molecule has 0 saturated carbocycles. The summed E-state index contributed by atoms with van der Waals surface area (Å²) < 4.78 is 0. The van der Waals surface area contributed by atoms with Gasteiger partial charge >= 0.3 is 0 Å². The van der Waals surface area contributed by atoms with Crippen LogP contribution in [0.3, 0.4) is 0 Å². The van der Waals surface area contributed by atoms with Gasteiger partial charge in [0.15, 0.2) is 6.10 Å². The average Bonchev–Trinajstić information content (AvgIpc) is 2.13. The first-order valence-electron chi connectivity index (χ1n) is 4.57. The van der Waals surface area contributed by atoms with Crippen molar-refractivity contribution in [1.82, 2.24) is 5.32 Å². The first-order valence-corrected chi connectivity index (χ1v) is 4.57. The maximum atomic E-state index is 11.3. The lowest BCUT2D eigenvalue weighted by molar-refractivity contribution is -0.763. The van der Waals surface area contributed by atoms with E-state index in [1.54, 1.807) is 0 Å². The van der Waals surface area contributed by atoms with Crippen LogP contribution >= 0.6 is 0 Å². The van der Waals surface area contributed by atoms with Crippen LogP contribution in [-0.4, -0.2) is 30.2 Å². The minimum absolute atomic E-state index is 0.232. The molecule has 7 heteroatoms. The van der Waals surface area contributed by atoms with E-state index in [1.807, 2.05) is 13.8 Å². The van der Waals surface area contributed by atoms with Crippen LogP contribution in [-0.2, 0) is 9.63 Å². The molecule has 15 heavy (non-hydrogen) atoms. The van der Waals surface area contributed by atoms with Gasteiger partial charge in [-0.1, -0.05) is 13.8 Å². The third-order valence-electron chi connectivity index (χ3n) is 1.91. The molecule has 3 N–H and O–H groups in total. The second-order valence-corrected chi connectivity index (χ2v) is 4.06. The lowest BCUT2D eigenvalue weighted by Gasteiger charge is -2.23. The van der Waals surface area contributed by atoms with Gasteiger partial charge < -0.3 is 15.9 Å². The van der Waals surface area contributed by atoms with E-state index < -0.39 is 17.1 Å². The number of nitrogens with two attached hydrogens (primary N) is 1. The van der Waals surface area contributed by atoms with Crippen LogP contribution in [0, 0.1) is 15.5 Å². The third kappa shape index (κ3) is 5.84. The Morgan fingerprint density at radius 1 is 1.67 bits per heavy atom. The number of carbonyl (C=O) groups is 1. The van der Waals surface area contributed by atoms with Crippen molar-refractivity contribution in [2.75, 3.05) is 13.1 Å². The average molecular weight is 219 g/mol. The molecule has 0 bridgehead atoms. The summed E-state index contributed by atoms with van der Waals surface area (Å²) in [5, 5.41) is 11.5. The predicted molar refractivity (Wildman–Crippen MR) is 53.4 cm³/mol. The van der Waals surface area contributed by atoms with Crippen molar-refractivity contribution in [3.63, 3.8) is 0 Å². The van der Waals surface area contributed by atoms with Crippen LogP contribution < -0.4 is 11.1 Å². The molecule has 1 atom stereocenters. The summed E-state index contributed by atoms with van der Waals surface area (Å²) in [7, 11) is 0. The SMILES string of the molecule is CC(O[N+](=O)[O-])C(=O)NCC(C)(C)CN. The van der Waals surface area contributed by atoms with Crippen LogP contribution in [0.5, 0.6) is 0 Å². The lowest BCUT2D eigenvalue weighted by Crippen LogP contribution is -2.43. The van der Waals surface area contributed by atoms with Gasteiger partial charge in [-0.3, -0.25) is 4.79 Å². The molecule has 0 aromatic heterocycles. The molecule has 0 heterocycles. The summed E-state index contributed by atoms with van der Waals surface area (Å²) in [6.45, 7) is 5.84. The van der Waals surface area contributed by atoms with Crippen molar-refractivity contribution >= 4 is 5.91 Å². The zero-order valence-electron chi connectivity index (χ0n) is 9.15. The Kier molecular flexibility index (Phi) is 4.99. The van der Waals surface area contributed by atoms with Gasteiger partial charge in [-0.15, -0.1) is 10.1 Å². The Hall–Kier alpha value is -1.37. The van der Waals surface area contributed by atoms with E-state index >= 15 is 0 Å². The number of amides is 1. The highest BCUT2D eigenvalue weighted by molar-refractivity contribution is 5.80. The molecule has 0 aromatic carbocycles. The fraction of sp³-hybridized carbons (Fsp3) is 0.875. The molecule has 0 aliphatic heterocycles. The van der Waals surface area contributed by atoms with E-state index in [4.69, 9.17) is 5.73 Å². The number of nitrogens with zero attached hydrogens (tertiary/aromatic N) is 1. The second kappa shape index (κ2) is 5.50. The molecule has 1 amide bonds. The fourth-order valence-corrected chi connectivity index (χ4v) is 0.719. The van der Waals surface area contributed by atoms with Crippen molar-refractivity contribution in [1.29, 1.82) is 0 Å². The molecule has 1 unspecified atom stereocenters. The zero-order valence-corrected chi connectivity index (χ0v) is 9.15. The summed E-state index contributed by atoms with van der Waals surface area (Å²) in [5.41, 5.74) is 5.23. The Balaban J connectivity index is 3.98. The van der Waals surface area contributed by atoms with E-state index in [0.29, 0.717) is 13.1 Å². The van der Waals surface area contributed by atoms with Crippen LogP contribution in [0.4, 0.5) is 0 Å². The van der Waals surface area contributed by atoms with Crippen molar-refractivity contribution in [2.45, 2.75) is 26.9 Å². The van der Waals surface area contributed by atoms with E-state index in [9.17, 15) is 14.9 Å². The lowest BCUT2D eigenvalue weighted by atomic mass is 9.94. The largest absolute Gasteiger partial charge is 0.354 e. The molecule has 0 radical (unpaired) electrons. The number of rotatable bonds is 6. The summed E-state index contributed by atoms with van der Waals surface area (Å²) in [4.78, 5) is 25.3. The van der Waals surface area contributed by atoms with Crippen molar-refractivity contribution in [2.24, 2.45) is 11.1 Å². The van der Waals surface area contributed by atoms with E-state index in [-0.39, 0.29) is 5.41 Å². The summed E-state index contributed by atoms with van der Waals surface area (Å²) in [6, 6.07) is 0. The molecular formula is C8H17N3O4. The molecule has 0 aromatic rings. The van der Waals surface area contributed by atoms with Gasteiger partial charge in [0.2, 0.25) is 5.91 Å². The van der Waals surface area contributed by atoms with Gasteiger partial charge in [-0.05, 0) is 18.9 Å². The number of hydrogen-bond acceptors (Lipinski definition) is 5. The number of nitrogens with one attached hydrogen (secondary N) is 1. The molecule has 0 aliphatic rings. The first-order chi connectivity index (χ1) is 6.78. The topological polar surface area (TPSA) is 107 Å². The van der Waals surface area contributed by atoms with Crippen molar-refractivity contribution in [3.05, 3.63) is 10.1 Å². The highest BCUT2D eigenvalue weighted by Gasteiger charge is 2.21. The third-order valence-corrected chi connectivity index (χ3v) is 1.91. The summed E-state index contributed by atoms with van der Waals surface area (Å²) in [5.74, 6) is -0.520. The normalized spacial score (nSPS) is 13.1. The van der Waals surface area contributed by atoms with Crippen LogP contribution in [0.2, 0.25) is 0 Å². The Morgan fingerprint density at radius 3 is 2.60 bits per heavy atom. The van der Waals surface area contributed by atoms with Gasteiger partial charge in [0.1, 0.15) is 0 Å². The Bertz CT molecular complexity index is 242. The van der Waals surface area contributed by atoms with E-state index in [1.165, 1.54) is 6.92 Å². The van der Waals surface area contributed by atoms with Crippen molar-refractivity contribution in [3.8, 4) is 0 Å². The van der Waals surface area contributed by atoms with E-state index in [0.717, 1.165) is 0 Å². The van der Waals surface area contributed by atoms with Gasteiger partial charge in [0.25, 0.3) is 5.09 Å². The maximum Gasteiger partial charge on any atom is 0.295 e. The monoisotopic (exact) mass is 219 g/mol. The predicted octanol–water partition coefficient (Wildman–Crippen LogP) is -0.316. The second-order valence-electron chi connectivity index (χ2n) is 4.06. The summed E-state index contributed by atoms with van der Waals surface area (Å²) >= 11 is 0. The standard InChI is InChI=1S/C8H17N3O4/c1-6(15-11(13)14)7(12)10-5-8(2,3)4-9/h6H,4-5,9H2,1-3H3,(H,10,12). The zero-order chi connectivity index (χ0) is 12.1. The van der Waals surface area contributed by atoms with Gasteiger partial charge in [-0.2, -0.15) is 0 Å². The minimum atomic E-state index is -1.10. The number of hydrogen-bond donors (Lipinski definition) is 2. The van der Waals surface area contributed by atoms with Crippen LogP contribution in [0.1, 0.15) is 20.8 Å². The minimum Gasteiger partial charge on any atom is -0.354 e. The van der Waals surface area contributed by atoms with Crippen molar-refractivity contribution < 1.29 is 14.7 Å². The molecule has 0 rings (SSSR count). The quantitative estimate of drug-likeness (QED) is 0.470. The highest BCUT2D eigenvalue weighted by atomic mass is 17.0. The fourth-order valence-electron chi connectivity index (χ4n) is 0.719. The Labute approximate surface area is 88.1 Å². The molecule has 0 saturated heterocycles. The van der Waals surface area contributed by atoms with Gasteiger partial charge in [0.05, 0.1) is 0 Å². The summed E-state index contributed by atoms with van der Waals surface area (Å²) in [6.07, 6.45) is -1.10. The highest BCUT2D eigenvalue weighted by Crippen LogP contribution is 2.10. The number of carbonyl (C=O) groups excluding carboxylic acids is 1. The molecule has 0 spiro atoms. The van der Waals surface area contributed by atoms with E-state index in [2.05, 4.69) is 10.2 Å². The van der Waals surface area contributed by atoms with Crippen LogP contribution in [0.25, 0.3) is 0 Å². The molecule has 0 aliphatic carbocycles. The van der Waals surface area contributed by atoms with Crippen LogP contribution in [0.15, 0.2) is 0 Å². The molecular weight excluding hydrogens is 202 g/mol. The smallest absolute Gasteiger partial charge is 0.295 e. The Morgan fingerprint density at radius 2 is 2.20 bits per heavy atom.